The van der Waals surface area contributed by atoms with Gasteiger partial charge in [-0.1, -0.05) is 37.6 Å². The molecule has 0 unspecified atom stereocenters. The molecule has 2 aromatic carbocycles. The third kappa shape index (κ3) is 3.58. The van der Waals surface area contributed by atoms with E-state index in [-0.39, 0.29) is 17.6 Å². The highest BCUT2D eigenvalue weighted by atomic mass is 35.5. The number of carbonyl (C=O) groups is 1. The first-order valence-corrected chi connectivity index (χ1v) is 8.69. The van der Waals surface area contributed by atoms with Crippen LogP contribution in [0, 0.1) is 6.92 Å². The second kappa shape index (κ2) is 7.22. The van der Waals surface area contributed by atoms with Crippen LogP contribution in [0.15, 0.2) is 48.7 Å². The van der Waals surface area contributed by atoms with Crippen molar-refractivity contribution >= 4 is 23.2 Å². The maximum atomic E-state index is 12.8. The van der Waals surface area contributed by atoms with Gasteiger partial charge >= 0.3 is 0 Å². The third-order valence-corrected chi connectivity index (χ3v) is 4.29. The fraction of sp³-hybridized carbons (Fsp3) is 0.200. The van der Waals surface area contributed by atoms with Gasteiger partial charge in [0.25, 0.3) is 5.91 Å². The number of aromatic hydroxyl groups is 1. The van der Waals surface area contributed by atoms with Crippen LogP contribution in [0.1, 0.15) is 41.4 Å². The number of nitrogens with one attached hydrogen (secondary N) is 1. The van der Waals surface area contributed by atoms with Crippen molar-refractivity contribution in [1.82, 2.24) is 9.78 Å². The number of aryl methyl sites for hydroxylation is 1. The Kier molecular flexibility index (Phi) is 5.00. The summed E-state index contributed by atoms with van der Waals surface area (Å²) in [7, 11) is 0. The summed E-state index contributed by atoms with van der Waals surface area (Å²) in [6.45, 7) is 5.89. The van der Waals surface area contributed by atoms with E-state index >= 15 is 0 Å². The average molecular weight is 370 g/mol. The number of carbonyl (C=O) groups excluding carboxylic acids is 1. The van der Waals surface area contributed by atoms with Crippen molar-refractivity contribution in [3.63, 3.8) is 0 Å². The van der Waals surface area contributed by atoms with Gasteiger partial charge in [0, 0.05) is 5.02 Å². The Morgan fingerprint density at radius 2 is 2.00 bits per heavy atom. The Morgan fingerprint density at radius 1 is 1.23 bits per heavy atom. The van der Waals surface area contributed by atoms with Crippen LogP contribution < -0.4 is 5.32 Å². The highest BCUT2D eigenvalue weighted by molar-refractivity contribution is 6.30. The zero-order chi connectivity index (χ0) is 18.8. The van der Waals surface area contributed by atoms with Crippen LogP contribution in [0.5, 0.6) is 5.75 Å². The number of rotatable bonds is 4. The standard InChI is InChI=1S/C20H20ClN3O2/c1-12(2)19-16(11-22-24(19)15-6-4-5-14(21)10-15)20(26)23-17-9-13(3)7-8-18(17)25/h4-12,25H,1-3H3,(H,23,26). The molecule has 0 radical (unpaired) electrons. The van der Waals surface area contributed by atoms with Crippen LogP contribution in [0.2, 0.25) is 5.02 Å². The average Bonchev–Trinajstić information content (AvgIpc) is 3.03. The van der Waals surface area contributed by atoms with Gasteiger partial charge in [0.05, 0.1) is 28.8 Å². The summed E-state index contributed by atoms with van der Waals surface area (Å²) in [4.78, 5) is 12.8. The zero-order valence-electron chi connectivity index (χ0n) is 14.8. The summed E-state index contributed by atoms with van der Waals surface area (Å²) >= 11 is 6.09. The molecule has 3 rings (SSSR count). The highest BCUT2D eigenvalue weighted by Crippen LogP contribution is 2.28. The van der Waals surface area contributed by atoms with E-state index in [0.29, 0.717) is 16.3 Å². The van der Waals surface area contributed by atoms with Gasteiger partial charge in [0.2, 0.25) is 0 Å². The minimum atomic E-state index is -0.317. The molecule has 5 nitrogen and oxygen atoms in total. The number of benzene rings is 2. The number of amides is 1. The van der Waals surface area contributed by atoms with Crippen LogP contribution in [0.25, 0.3) is 5.69 Å². The van der Waals surface area contributed by atoms with Crippen LogP contribution in [-0.2, 0) is 0 Å². The number of anilines is 1. The predicted octanol–water partition coefficient (Wildman–Crippen LogP) is 4.92. The number of phenols is 1. The zero-order valence-corrected chi connectivity index (χ0v) is 15.6. The quantitative estimate of drug-likeness (QED) is 0.642. The van der Waals surface area contributed by atoms with E-state index in [1.165, 1.54) is 0 Å². The molecule has 6 heteroatoms. The van der Waals surface area contributed by atoms with E-state index in [0.717, 1.165) is 16.9 Å². The summed E-state index contributed by atoms with van der Waals surface area (Å²) in [5, 5.41) is 17.7. The van der Waals surface area contributed by atoms with Crippen LogP contribution in [0.4, 0.5) is 5.69 Å². The smallest absolute Gasteiger partial charge is 0.259 e. The SMILES string of the molecule is Cc1ccc(O)c(NC(=O)c2cnn(-c3cccc(Cl)c3)c2C(C)C)c1. The normalized spacial score (nSPS) is 11.0. The van der Waals surface area contributed by atoms with Crippen LogP contribution >= 0.6 is 11.6 Å². The maximum Gasteiger partial charge on any atom is 0.259 e. The number of aromatic nitrogens is 2. The largest absolute Gasteiger partial charge is 0.506 e. The molecule has 0 aliphatic carbocycles. The van der Waals surface area contributed by atoms with Crippen molar-refractivity contribution in [2.24, 2.45) is 0 Å². The van der Waals surface area contributed by atoms with Gasteiger partial charge in [-0.15, -0.1) is 0 Å². The first-order valence-electron chi connectivity index (χ1n) is 8.31. The van der Waals surface area contributed by atoms with Gasteiger partial charge in [-0.3, -0.25) is 4.79 Å². The Hall–Kier alpha value is -2.79. The molecule has 1 heterocycles. The number of halogens is 1. The van der Waals surface area contributed by atoms with Gasteiger partial charge in [-0.2, -0.15) is 5.10 Å². The molecular weight excluding hydrogens is 350 g/mol. The monoisotopic (exact) mass is 369 g/mol. The Balaban J connectivity index is 2.00. The summed E-state index contributed by atoms with van der Waals surface area (Å²) in [6, 6.07) is 12.4. The lowest BCUT2D eigenvalue weighted by atomic mass is 10.0. The molecule has 0 aliphatic heterocycles. The lowest BCUT2D eigenvalue weighted by molar-refractivity contribution is 0.102. The second-order valence-electron chi connectivity index (χ2n) is 6.46. The molecule has 0 atom stereocenters. The molecule has 0 fully saturated rings. The molecule has 3 aromatic rings. The summed E-state index contributed by atoms with van der Waals surface area (Å²) in [5.41, 5.74) is 3.34. The highest BCUT2D eigenvalue weighted by Gasteiger charge is 2.21. The van der Waals surface area contributed by atoms with Gasteiger partial charge in [0.1, 0.15) is 5.75 Å². The number of phenolic OH excluding ortho intramolecular Hbond substituents is 1. The molecule has 0 spiro atoms. The van der Waals surface area contributed by atoms with Crippen molar-refractivity contribution < 1.29 is 9.90 Å². The second-order valence-corrected chi connectivity index (χ2v) is 6.90. The van der Waals surface area contributed by atoms with Crippen molar-refractivity contribution in [3.05, 3.63) is 70.5 Å². The van der Waals surface area contributed by atoms with Gasteiger partial charge in [-0.25, -0.2) is 4.68 Å². The lowest BCUT2D eigenvalue weighted by Gasteiger charge is -2.14. The maximum absolute atomic E-state index is 12.8. The van der Waals surface area contributed by atoms with Crippen LogP contribution in [0.3, 0.4) is 0 Å². The summed E-state index contributed by atoms with van der Waals surface area (Å²) < 4.78 is 1.72. The summed E-state index contributed by atoms with van der Waals surface area (Å²) in [5.74, 6) is -0.233. The Morgan fingerprint density at radius 3 is 2.69 bits per heavy atom. The Bertz CT molecular complexity index is 963. The van der Waals surface area contributed by atoms with Gasteiger partial charge in [-0.05, 0) is 48.7 Å². The number of nitrogens with zero attached hydrogens (tertiary/aromatic N) is 2. The van der Waals surface area contributed by atoms with E-state index in [2.05, 4.69) is 10.4 Å². The van der Waals surface area contributed by atoms with Gasteiger partial charge in [0.15, 0.2) is 0 Å². The third-order valence-electron chi connectivity index (χ3n) is 4.05. The molecule has 1 aromatic heterocycles. The first-order chi connectivity index (χ1) is 12.4. The van der Waals surface area contributed by atoms with E-state index < -0.39 is 0 Å². The van der Waals surface area contributed by atoms with Crippen molar-refractivity contribution in [2.75, 3.05) is 5.32 Å². The lowest BCUT2D eigenvalue weighted by Crippen LogP contribution is -2.15. The van der Waals surface area contributed by atoms with Crippen molar-refractivity contribution in [2.45, 2.75) is 26.7 Å². The Labute approximate surface area is 157 Å². The van der Waals surface area contributed by atoms with Gasteiger partial charge < -0.3 is 10.4 Å². The molecule has 0 aliphatic rings. The van der Waals surface area contributed by atoms with Crippen molar-refractivity contribution in [3.8, 4) is 11.4 Å². The molecule has 1 amide bonds. The molecule has 0 saturated heterocycles. The molecule has 2 N–H and O–H groups in total. The number of hydrogen-bond acceptors (Lipinski definition) is 3. The topological polar surface area (TPSA) is 67.2 Å². The minimum Gasteiger partial charge on any atom is -0.506 e. The molecule has 26 heavy (non-hydrogen) atoms. The minimum absolute atomic E-state index is 0.0253. The van der Waals surface area contributed by atoms with E-state index in [1.54, 1.807) is 41.2 Å². The number of hydrogen-bond donors (Lipinski definition) is 2. The van der Waals surface area contributed by atoms with Crippen LogP contribution in [-0.4, -0.2) is 20.8 Å². The fourth-order valence-corrected chi connectivity index (χ4v) is 3.03. The van der Waals surface area contributed by atoms with E-state index in [9.17, 15) is 9.90 Å². The first kappa shape index (κ1) is 18.0. The summed E-state index contributed by atoms with van der Waals surface area (Å²) in [6.07, 6.45) is 1.54. The molecule has 134 valence electrons. The predicted molar refractivity (Wildman–Crippen MR) is 103 cm³/mol. The van der Waals surface area contributed by atoms with E-state index in [1.807, 2.05) is 32.9 Å². The van der Waals surface area contributed by atoms with Crippen molar-refractivity contribution in [1.29, 1.82) is 0 Å². The molecule has 0 saturated carbocycles. The fourth-order valence-electron chi connectivity index (χ4n) is 2.84. The molecule has 0 bridgehead atoms. The molecular formula is C20H20ClN3O2. The van der Waals surface area contributed by atoms with E-state index in [4.69, 9.17) is 11.6 Å².